The van der Waals surface area contributed by atoms with Crippen LogP contribution in [0.2, 0.25) is 0 Å². The van der Waals surface area contributed by atoms with E-state index in [4.69, 9.17) is 0 Å². The van der Waals surface area contributed by atoms with Gasteiger partial charge in [0.15, 0.2) is 0 Å². The average molecular weight is 292 g/mol. The quantitative estimate of drug-likeness (QED) is 0.759. The molecule has 0 amide bonds. The summed E-state index contributed by atoms with van der Waals surface area (Å²) in [7, 11) is 0. The van der Waals surface area contributed by atoms with E-state index in [2.05, 4.69) is 38.0 Å². The van der Waals surface area contributed by atoms with Gasteiger partial charge in [-0.3, -0.25) is 9.89 Å². The van der Waals surface area contributed by atoms with Crippen molar-refractivity contribution in [3.8, 4) is 16.9 Å². The van der Waals surface area contributed by atoms with E-state index in [1.165, 1.54) is 16.7 Å². The van der Waals surface area contributed by atoms with Crippen molar-refractivity contribution in [2.24, 2.45) is 0 Å². The SMILES string of the molecule is Cc1cccc(-c2[nH]n(-c3ccc(C)c(C)c3)c(=O)c2C)c1. The minimum absolute atomic E-state index is 0.000223. The lowest BCUT2D eigenvalue weighted by atomic mass is 10.1. The molecule has 22 heavy (non-hydrogen) atoms. The highest BCUT2D eigenvalue weighted by Gasteiger charge is 2.13. The molecule has 1 heterocycles. The van der Waals surface area contributed by atoms with E-state index in [0.717, 1.165) is 22.5 Å². The van der Waals surface area contributed by atoms with Gasteiger partial charge in [0.05, 0.1) is 11.4 Å². The average Bonchev–Trinajstić information content (AvgIpc) is 2.78. The summed E-state index contributed by atoms with van der Waals surface area (Å²) >= 11 is 0. The Labute approximate surface area is 130 Å². The van der Waals surface area contributed by atoms with Crippen LogP contribution in [0.15, 0.2) is 47.3 Å². The first kappa shape index (κ1) is 14.4. The van der Waals surface area contributed by atoms with Gasteiger partial charge in [0.25, 0.3) is 5.56 Å². The first-order valence-electron chi connectivity index (χ1n) is 7.43. The van der Waals surface area contributed by atoms with E-state index < -0.39 is 0 Å². The molecule has 112 valence electrons. The van der Waals surface area contributed by atoms with E-state index >= 15 is 0 Å². The molecule has 0 atom stereocenters. The maximum Gasteiger partial charge on any atom is 0.274 e. The third-order valence-electron chi connectivity index (χ3n) is 4.18. The van der Waals surface area contributed by atoms with Gasteiger partial charge < -0.3 is 0 Å². The van der Waals surface area contributed by atoms with Crippen LogP contribution in [0.3, 0.4) is 0 Å². The summed E-state index contributed by atoms with van der Waals surface area (Å²) in [4.78, 5) is 12.6. The number of benzene rings is 2. The second-order valence-electron chi connectivity index (χ2n) is 5.89. The molecule has 0 unspecified atom stereocenters. The zero-order valence-electron chi connectivity index (χ0n) is 13.4. The Hall–Kier alpha value is -2.55. The summed E-state index contributed by atoms with van der Waals surface area (Å²) in [6.07, 6.45) is 0. The van der Waals surface area contributed by atoms with Gasteiger partial charge in [-0.25, -0.2) is 4.68 Å². The molecule has 1 aromatic heterocycles. The molecule has 0 radical (unpaired) electrons. The number of hydrogen-bond donors (Lipinski definition) is 1. The van der Waals surface area contributed by atoms with E-state index in [0.29, 0.717) is 0 Å². The van der Waals surface area contributed by atoms with Gasteiger partial charge in [0, 0.05) is 11.1 Å². The first-order chi connectivity index (χ1) is 10.5. The number of aryl methyl sites for hydroxylation is 3. The molecule has 0 aliphatic carbocycles. The van der Waals surface area contributed by atoms with Crippen molar-refractivity contribution < 1.29 is 0 Å². The molecule has 0 bridgehead atoms. The monoisotopic (exact) mass is 292 g/mol. The molecule has 3 nitrogen and oxygen atoms in total. The van der Waals surface area contributed by atoms with Gasteiger partial charge in [-0.15, -0.1) is 0 Å². The molecule has 0 fully saturated rings. The summed E-state index contributed by atoms with van der Waals surface area (Å²) < 4.78 is 1.62. The second-order valence-corrected chi connectivity index (χ2v) is 5.89. The minimum atomic E-state index is -0.000223. The number of nitrogens with one attached hydrogen (secondary N) is 1. The van der Waals surface area contributed by atoms with Gasteiger partial charge in [0.1, 0.15) is 0 Å². The van der Waals surface area contributed by atoms with E-state index in [9.17, 15) is 4.79 Å². The minimum Gasteiger partial charge on any atom is -0.290 e. The lowest BCUT2D eigenvalue weighted by Gasteiger charge is -2.06. The predicted octanol–water partition coefficient (Wildman–Crippen LogP) is 4.07. The highest BCUT2D eigenvalue weighted by atomic mass is 16.1. The maximum absolute atomic E-state index is 12.6. The van der Waals surface area contributed by atoms with Gasteiger partial charge in [-0.2, -0.15) is 0 Å². The Kier molecular flexibility index (Phi) is 3.49. The fourth-order valence-electron chi connectivity index (χ4n) is 2.65. The normalized spacial score (nSPS) is 10.9. The van der Waals surface area contributed by atoms with Crippen molar-refractivity contribution in [3.05, 3.63) is 75.1 Å². The third kappa shape index (κ3) is 2.39. The maximum atomic E-state index is 12.6. The van der Waals surface area contributed by atoms with Crippen LogP contribution in [0, 0.1) is 27.7 Å². The molecule has 2 aromatic carbocycles. The van der Waals surface area contributed by atoms with Crippen LogP contribution in [0.25, 0.3) is 16.9 Å². The van der Waals surface area contributed by atoms with Crippen LogP contribution < -0.4 is 5.56 Å². The van der Waals surface area contributed by atoms with Crippen LogP contribution in [0.1, 0.15) is 22.3 Å². The zero-order chi connectivity index (χ0) is 15.9. The van der Waals surface area contributed by atoms with Gasteiger partial charge in [-0.1, -0.05) is 29.8 Å². The largest absolute Gasteiger partial charge is 0.290 e. The summed E-state index contributed by atoms with van der Waals surface area (Å²) in [5.74, 6) is 0. The van der Waals surface area contributed by atoms with Crippen molar-refractivity contribution in [2.75, 3.05) is 0 Å². The summed E-state index contributed by atoms with van der Waals surface area (Å²) in [6.45, 7) is 8.05. The van der Waals surface area contributed by atoms with Crippen LogP contribution in [-0.4, -0.2) is 9.78 Å². The number of aromatic amines is 1. The van der Waals surface area contributed by atoms with Gasteiger partial charge in [0.2, 0.25) is 0 Å². The molecular weight excluding hydrogens is 272 g/mol. The highest BCUT2D eigenvalue weighted by molar-refractivity contribution is 5.63. The standard InChI is InChI=1S/C19H20N2O/c1-12-6-5-7-16(10-12)18-15(4)19(22)21(20-18)17-9-8-13(2)14(3)11-17/h5-11,20H,1-4H3. The Morgan fingerprint density at radius 2 is 1.68 bits per heavy atom. The fourth-order valence-corrected chi connectivity index (χ4v) is 2.65. The zero-order valence-corrected chi connectivity index (χ0v) is 13.4. The molecule has 0 saturated heterocycles. The molecule has 3 aromatic rings. The summed E-state index contributed by atoms with van der Waals surface area (Å²) in [5.41, 5.74) is 7.10. The molecule has 0 aliphatic rings. The topological polar surface area (TPSA) is 37.8 Å². The van der Waals surface area contributed by atoms with Crippen LogP contribution >= 0.6 is 0 Å². The molecule has 3 rings (SSSR count). The predicted molar refractivity (Wildman–Crippen MR) is 90.8 cm³/mol. The number of hydrogen-bond acceptors (Lipinski definition) is 1. The van der Waals surface area contributed by atoms with E-state index in [1.54, 1.807) is 4.68 Å². The second kappa shape index (κ2) is 5.34. The number of aromatic nitrogens is 2. The van der Waals surface area contributed by atoms with Crippen LogP contribution in [-0.2, 0) is 0 Å². The summed E-state index contributed by atoms with van der Waals surface area (Å²) in [5, 5.41) is 3.26. The van der Waals surface area contributed by atoms with Crippen molar-refractivity contribution in [1.82, 2.24) is 9.78 Å². The Bertz CT molecular complexity index is 900. The number of nitrogens with zero attached hydrogens (tertiary/aromatic N) is 1. The number of rotatable bonds is 2. The third-order valence-corrected chi connectivity index (χ3v) is 4.18. The van der Waals surface area contributed by atoms with Crippen LogP contribution in [0.5, 0.6) is 0 Å². The smallest absolute Gasteiger partial charge is 0.274 e. The molecule has 3 heteroatoms. The van der Waals surface area contributed by atoms with Crippen molar-refractivity contribution >= 4 is 0 Å². The van der Waals surface area contributed by atoms with Crippen molar-refractivity contribution in [3.63, 3.8) is 0 Å². The fraction of sp³-hybridized carbons (Fsp3) is 0.211. The van der Waals surface area contributed by atoms with Crippen molar-refractivity contribution in [2.45, 2.75) is 27.7 Å². The lowest BCUT2D eigenvalue weighted by molar-refractivity contribution is 0.849. The van der Waals surface area contributed by atoms with Crippen molar-refractivity contribution in [1.29, 1.82) is 0 Å². The Morgan fingerprint density at radius 3 is 2.36 bits per heavy atom. The van der Waals surface area contributed by atoms with Crippen LogP contribution in [0.4, 0.5) is 0 Å². The first-order valence-corrected chi connectivity index (χ1v) is 7.43. The molecule has 1 N–H and O–H groups in total. The van der Waals surface area contributed by atoms with E-state index in [-0.39, 0.29) is 5.56 Å². The summed E-state index contributed by atoms with van der Waals surface area (Å²) in [6, 6.07) is 14.2. The lowest BCUT2D eigenvalue weighted by Crippen LogP contribution is -2.15. The van der Waals surface area contributed by atoms with Gasteiger partial charge >= 0.3 is 0 Å². The molecule has 0 saturated carbocycles. The van der Waals surface area contributed by atoms with E-state index in [1.807, 2.05) is 37.3 Å². The Morgan fingerprint density at radius 1 is 0.909 bits per heavy atom. The molecule has 0 spiro atoms. The highest BCUT2D eigenvalue weighted by Crippen LogP contribution is 2.21. The molecular formula is C19H20N2O. The Balaban J connectivity index is 2.17. The van der Waals surface area contributed by atoms with Gasteiger partial charge in [-0.05, 0) is 57.0 Å². The molecule has 0 aliphatic heterocycles. The number of H-pyrrole nitrogens is 1.